The Kier molecular flexibility index (Phi) is 4.78. The molecule has 1 amide bonds. The molecule has 1 unspecified atom stereocenters. The van der Waals surface area contributed by atoms with Crippen LogP contribution >= 0.6 is 0 Å². The van der Waals surface area contributed by atoms with Gasteiger partial charge in [-0.25, -0.2) is 0 Å². The number of hydrogen-bond acceptors (Lipinski definition) is 2. The van der Waals surface area contributed by atoms with Crippen molar-refractivity contribution >= 4 is 5.91 Å². The summed E-state index contributed by atoms with van der Waals surface area (Å²) in [6, 6.07) is -0.0148. The molecule has 0 radical (unpaired) electrons. The molecule has 94 valence electrons. The fourth-order valence-corrected chi connectivity index (χ4v) is 2.14. The molecular weight excluding hydrogens is 200 g/mol. The van der Waals surface area contributed by atoms with Gasteiger partial charge in [0.05, 0.1) is 0 Å². The standard InChI is InChI=1S/C13H26N2O/c1-4-13(6-5-7-13)9-15-12(16)8-11(14)10(2)3/h10-11H,4-9,14H2,1-3H3,(H,15,16). The molecule has 0 bridgehead atoms. The largest absolute Gasteiger partial charge is 0.355 e. The van der Waals surface area contributed by atoms with E-state index in [0.717, 1.165) is 6.54 Å². The van der Waals surface area contributed by atoms with Crippen molar-refractivity contribution in [1.29, 1.82) is 0 Å². The first-order valence-electron chi connectivity index (χ1n) is 6.51. The monoisotopic (exact) mass is 226 g/mol. The summed E-state index contributed by atoms with van der Waals surface area (Å²) in [6.07, 6.45) is 5.47. The summed E-state index contributed by atoms with van der Waals surface area (Å²) in [5, 5.41) is 3.04. The second kappa shape index (κ2) is 5.67. The summed E-state index contributed by atoms with van der Waals surface area (Å²) in [7, 11) is 0. The molecule has 0 saturated heterocycles. The number of carbonyl (C=O) groups excluding carboxylic acids is 1. The second-order valence-electron chi connectivity index (χ2n) is 5.60. The molecule has 3 heteroatoms. The highest BCUT2D eigenvalue weighted by Gasteiger charge is 2.35. The van der Waals surface area contributed by atoms with Crippen molar-refractivity contribution < 1.29 is 4.79 Å². The average molecular weight is 226 g/mol. The van der Waals surface area contributed by atoms with Crippen molar-refractivity contribution in [2.75, 3.05) is 6.54 Å². The summed E-state index contributed by atoms with van der Waals surface area (Å²) in [4.78, 5) is 11.7. The molecule has 0 aromatic rings. The number of amides is 1. The Balaban J connectivity index is 2.24. The maximum Gasteiger partial charge on any atom is 0.221 e. The average Bonchev–Trinajstić information content (AvgIpc) is 2.16. The Morgan fingerprint density at radius 2 is 2.06 bits per heavy atom. The molecule has 1 aliphatic carbocycles. The highest BCUT2D eigenvalue weighted by Crippen LogP contribution is 2.42. The fourth-order valence-electron chi connectivity index (χ4n) is 2.14. The highest BCUT2D eigenvalue weighted by atomic mass is 16.1. The maximum atomic E-state index is 11.7. The summed E-state index contributed by atoms with van der Waals surface area (Å²) in [5.74, 6) is 0.482. The maximum absolute atomic E-state index is 11.7. The lowest BCUT2D eigenvalue weighted by Crippen LogP contribution is -2.43. The Morgan fingerprint density at radius 1 is 1.44 bits per heavy atom. The van der Waals surface area contributed by atoms with Crippen LogP contribution in [-0.4, -0.2) is 18.5 Å². The normalized spacial score (nSPS) is 20.3. The van der Waals surface area contributed by atoms with Crippen molar-refractivity contribution in [3.63, 3.8) is 0 Å². The van der Waals surface area contributed by atoms with E-state index in [9.17, 15) is 4.79 Å². The first kappa shape index (κ1) is 13.5. The number of hydrogen-bond donors (Lipinski definition) is 2. The molecule has 0 aromatic heterocycles. The van der Waals surface area contributed by atoms with Crippen molar-refractivity contribution in [2.45, 2.75) is 58.9 Å². The van der Waals surface area contributed by atoms with E-state index in [2.05, 4.69) is 26.1 Å². The molecule has 0 aromatic carbocycles. The Hall–Kier alpha value is -0.570. The number of nitrogens with two attached hydrogens (primary N) is 1. The van der Waals surface area contributed by atoms with Crippen LogP contribution in [0.25, 0.3) is 0 Å². The molecule has 0 aliphatic heterocycles. The van der Waals surface area contributed by atoms with Crippen LogP contribution in [0, 0.1) is 11.3 Å². The minimum Gasteiger partial charge on any atom is -0.355 e. The van der Waals surface area contributed by atoms with E-state index in [1.165, 1.54) is 25.7 Å². The first-order chi connectivity index (χ1) is 7.49. The number of carbonyl (C=O) groups is 1. The molecule has 1 aliphatic rings. The van der Waals surface area contributed by atoms with Crippen LogP contribution in [0.3, 0.4) is 0 Å². The molecule has 1 saturated carbocycles. The second-order valence-corrected chi connectivity index (χ2v) is 5.60. The Morgan fingerprint density at radius 3 is 2.44 bits per heavy atom. The van der Waals surface area contributed by atoms with Gasteiger partial charge in [0.25, 0.3) is 0 Å². The molecule has 0 heterocycles. The Bertz CT molecular complexity index is 229. The summed E-state index contributed by atoms with van der Waals surface area (Å²) < 4.78 is 0. The van der Waals surface area contributed by atoms with E-state index < -0.39 is 0 Å². The third kappa shape index (κ3) is 3.48. The van der Waals surface area contributed by atoms with Crippen LogP contribution in [0.5, 0.6) is 0 Å². The minimum absolute atomic E-state index is 0.0148. The van der Waals surface area contributed by atoms with Gasteiger partial charge in [-0.3, -0.25) is 4.79 Å². The van der Waals surface area contributed by atoms with Gasteiger partial charge in [-0.05, 0) is 30.6 Å². The van der Waals surface area contributed by atoms with Gasteiger partial charge in [0, 0.05) is 19.0 Å². The van der Waals surface area contributed by atoms with Crippen LogP contribution in [0.1, 0.15) is 52.9 Å². The fraction of sp³-hybridized carbons (Fsp3) is 0.923. The van der Waals surface area contributed by atoms with Gasteiger partial charge in [0.2, 0.25) is 5.91 Å². The van der Waals surface area contributed by atoms with Gasteiger partial charge < -0.3 is 11.1 Å². The topological polar surface area (TPSA) is 55.1 Å². The third-order valence-electron chi connectivity index (χ3n) is 4.10. The lowest BCUT2D eigenvalue weighted by molar-refractivity contribution is -0.122. The van der Waals surface area contributed by atoms with Gasteiger partial charge >= 0.3 is 0 Å². The molecule has 3 nitrogen and oxygen atoms in total. The quantitative estimate of drug-likeness (QED) is 0.728. The summed E-state index contributed by atoms with van der Waals surface area (Å²) in [5.41, 5.74) is 6.28. The summed E-state index contributed by atoms with van der Waals surface area (Å²) in [6.45, 7) is 7.16. The molecule has 0 spiro atoms. The van der Waals surface area contributed by atoms with Crippen LogP contribution in [0.4, 0.5) is 0 Å². The number of nitrogens with one attached hydrogen (secondary N) is 1. The van der Waals surface area contributed by atoms with Gasteiger partial charge in [-0.15, -0.1) is 0 Å². The Labute approximate surface area is 99.2 Å². The zero-order chi connectivity index (χ0) is 12.2. The summed E-state index contributed by atoms with van der Waals surface area (Å²) >= 11 is 0. The van der Waals surface area contributed by atoms with Crippen molar-refractivity contribution in [1.82, 2.24) is 5.32 Å². The molecule has 16 heavy (non-hydrogen) atoms. The van der Waals surface area contributed by atoms with Gasteiger partial charge in [0.1, 0.15) is 0 Å². The van der Waals surface area contributed by atoms with Gasteiger partial charge in [-0.1, -0.05) is 27.2 Å². The van der Waals surface area contributed by atoms with Crippen molar-refractivity contribution in [2.24, 2.45) is 17.1 Å². The molecule has 1 atom stereocenters. The van der Waals surface area contributed by atoms with E-state index in [0.29, 0.717) is 17.8 Å². The molecule has 1 rings (SSSR count). The molecule has 1 fully saturated rings. The third-order valence-corrected chi connectivity index (χ3v) is 4.10. The molecule has 3 N–H and O–H groups in total. The lowest BCUT2D eigenvalue weighted by atomic mass is 9.67. The predicted octanol–water partition coefficient (Wildman–Crippen LogP) is 2.06. The van der Waals surface area contributed by atoms with Crippen LogP contribution in [0.15, 0.2) is 0 Å². The minimum atomic E-state index is -0.0148. The number of rotatable bonds is 6. The smallest absolute Gasteiger partial charge is 0.221 e. The highest BCUT2D eigenvalue weighted by molar-refractivity contribution is 5.76. The molecular formula is C13H26N2O. The van der Waals surface area contributed by atoms with E-state index in [1.54, 1.807) is 0 Å². The zero-order valence-electron chi connectivity index (χ0n) is 10.9. The first-order valence-corrected chi connectivity index (χ1v) is 6.51. The van der Waals surface area contributed by atoms with Gasteiger partial charge in [-0.2, -0.15) is 0 Å². The van der Waals surface area contributed by atoms with Crippen LogP contribution in [-0.2, 0) is 4.79 Å². The SMILES string of the molecule is CCC1(CNC(=O)CC(N)C(C)C)CCC1. The van der Waals surface area contributed by atoms with E-state index in [1.807, 2.05) is 0 Å². The van der Waals surface area contributed by atoms with Crippen molar-refractivity contribution in [3.05, 3.63) is 0 Å². The van der Waals surface area contributed by atoms with E-state index >= 15 is 0 Å². The van der Waals surface area contributed by atoms with E-state index in [-0.39, 0.29) is 11.9 Å². The van der Waals surface area contributed by atoms with Crippen LogP contribution in [0.2, 0.25) is 0 Å². The predicted molar refractivity (Wildman–Crippen MR) is 67.0 cm³/mol. The van der Waals surface area contributed by atoms with Crippen molar-refractivity contribution in [3.8, 4) is 0 Å². The van der Waals surface area contributed by atoms with Gasteiger partial charge in [0.15, 0.2) is 0 Å². The zero-order valence-corrected chi connectivity index (χ0v) is 10.9. The lowest BCUT2D eigenvalue weighted by Gasteiger charge is -2.41. The van der Waals surface area contributed by atoms with E-state index in [4.69, 9.17) is 5.73 Å². The van der Waals surface area contributed by atoms with Crippen LogP contribution < -0.4 is 11.1 Å².